The number of hydrogen-bond acceptors (Lipinski definition) is 5. The van der Waals surface area contributed by atoms with Gasteiger partial charge in [0.15, 0.2) is 0 Å². The Hall–Kier alpha value is -1.36. The molecule has 0 saturated carbocycles. The Kier molecular flexibility index (Phi) is 6.23. The zero-order valence-electron chi connectivity index (χ0n) is 13.5. The van der Waals surface area contributed by atoms with Crippen molar-refractivity contribution in [1.82, 2.24) is 9.97 Å². The molecular formula is C16H28N4O. The third-order valence-electron chi connectivity index (χ3n) is 3.83. The lowest BCUT2D eigenvalue weighted by Crippen LogP contribution is -2.16. The fraction of sp³-hybridized carbons (Fsp3) is 0.750. The Labute approximate surface area is 127 Å². The molecule has 0 aliphatic carbocycles. The smallest absolute Gasteiger partial charge is 0.134 e. The van der Waals surface area contributed by atoms with Crippen molar-refractivity contribution in [1.29, 1.82) is 0 Å². The Morgan fingerprint density at radius 3 is 2.43 bits per heavy atom. The second-order valence-corrected chi connectivity index (χ2v) is 5.59. The molecule has 1 aromatic rings. The van der Waals surface area contributed by atoms with E-state index in [1.54, 1.807) is 0 Å². The summed E-state index contributed by atoms with van der Waals surface area (Å²) >= 11 is 0. The SMILES string of the molecule is CCCNc1nc(CC)nc(NCCC2CCCO2)c1C. The molecular weight excluding hydrogens is 264 g/mol. The first-order chi connectivity index (χ1) is 10.2. The van der Waals surface area contributed by atoms with E-state index >= 15 is 0 Å². The number of hydrogen-bond donors (Lipinski definition) is 2. The minimum absolute atomic E-state index is 0.419. The maximum absolute atomic E-state index is 5.66. The summed E-state index contributed by atoms with van der Waals surface area (Å²) in [6, 6.07) is 0. The van der Waals surface area contributed by atoms with Crippen molar-refractivity contribution in [2.45, 2.75) is 59.0 Å². The zero-order chi connectivity index (χ0) is 15.1. The van der Waals surface area contributed by atoms with Crippen LogP contribution in [0.2, 0.25) is 0 Å². The second-order valence-electron chi connectivity index (χ2n) is 5.59. The predicted molar refractivity (Wildman–Crippen MR) is 87.0 cm³/mol. The summed E-state index contributed by atoms with van der Waals surface area (Å²) in [4.78, 5) is 9.21. The first-order valence-corrected chi connectivity index (χ1v) is 8.21. The Balaban J connectivity index is 1.98. The van der Waals surface area contributed by atoms with Crippen LogP contribution in [0.3, 0.4) is 0 Å². The van der Waals surface area contributed by atoms with Crippen molar-refractivity contribution in [3.05, 3.63) is 11.4 Å². The van der Waals surface area contributed by atoms with Gasteiger partial charge in [-0.3, -0.25) is 0 Å². The van der Waals surface area contributed by atoms with Crippen molar-refractivity contribution in [3.8, 4) is 0 Å². The molecule has 118 valence electrons. The topological polar surface area (TPSA) is 59.1 Å². The summed E-state index contributed by atoms with van der Waals surface area (Å²) in [6.45, 7) is 9.08. The van der Waals surface area contributed by atoms with Gasteiger partial charge in [0, 0.05) is 31.7 Å². The lowest BCUT2D eigenvalue weighted by molar-refractivity contribution is 0.107. The molecule has 1 atom stereocenters. The lowest BCUT2D eigenvalue weighted by Gasteiger charge is -2.15. The molecule has 1 saturated heterocycles. The van der Waals surface area contributed by atoms with Gasteiger partial charge < -0.3 is 15.4 Å². The largest absolute Gasteiger partial charge is 0.378 e. The molecule has 1 fully saturated rings. The second kappa shape index (κ2) is 8.17. The minimum atomic E-state index is 0.419. The number of aromatic nitrogens is 2. The van der Waals surface area contributed by atoms with Crippen molar-refractivity contribution < 1.29 is 4.74 Å². The van der Waals surface area contributed by atoms with Gasteiger partial charge in [-0.2, -0.15) is 0 Å². The summed E-state index contributed by atoms with van der Waals surface area (Å²) in [5.41, 5.74) is 1.10. The van der Waals surface area contributed by atoms with E-state index < -0.39 is 0 Å². The standard InChI is InChI=1S/C16H28N4O/c1-4-9-17-15-12(3)16(20-14(5-2)19-15)18-10-8-13-7-6-11-21-13/h13H,4-11H2,1-3H3,(H2,17,18,19,20). The Morgan fingerprint density at radius 1 is 1.14 bits per heavy atom. The maximum Gasteiger partial charge on any atom is 0.134 e. The van der Waals surface area contributed by atoms with Crippen LogP contribution >= 0.6 is 0 Å². The molecule has 1 aliphatic rings. The number of aryl methyl sites for hydroxylation is 1. The molecule has 2 heterocycles. The van der Waals surface area contributed by atoms with Crippen LogP contribution in [0, 0.1) is 6.92 Å². The molecule has 0 amide bonds. The highest BCUT2D eigenvalue weighted by Crippen LogP contribution is 2.21. The van der Waals surface area contributed by atoms with Crippen LogP contribution in [0.4, 0.5) is 11.6 Å². The molecule has 2 N–H and O–H groups in total. The average Bonchev–Trinajstić information content (AvgIpc) is 3.01. The van der Waals surface area contributed by atoms with E-state index in [9.17, 15) is 0 Å². The fourth-order valence-corrected chi connectivity index (χ4v) is 2.53. The van der Waals surface area contributed by atoms with E-state index in [1.165, 1.54) is 12.8 Å². The van der Waals surface area contributed by atoms with Crippen LogP contribution in [0.1, 0.15) is 50.9 Å². The summed E-state index contributed by atoms with van der Waals surface area (Å²) in [5.74, 6) is 2.81. The number of anilines is 2. The van der Waals surface area contributed by atoms with Gasteiger partial charge in [-0.1, -0.05) is 13.8 Å². The third-order valence-corrected chi connectivity index (χ3v) is 3.83. The number of rotatable bonds is 8. The van der Waals surface area contributed by atoms with Crippen molar-refractivity contribution in [2.75, 3.05) is 30.3 Å². The van der Waals surface area contributed by atoms with E-state index in [2.05, 4.69) is 41.4 Å². The molecule has 1 aromatic heterocycles. The monoisotopic (exact) mass is 292 g/mol. The van der Waals surface area contributed by atoms with E-state index in [1.807, 2.05) is 0 Å². The summed E-state index contributed by atoms with van der Waals surface area (Å²) in [6.07, 6.45) is 5.79. The fourth-order valence-electron chi connectivity index (χ4n) is 2.53. The molecule has 5 heteroatoms. The molecule has 0 aromatic carbocycles. The Bertz CT molecular complexity index is 444. The Morgan fingerprint density at radius 2 is 1.86 bits per heavy atom. The maximum atomic E-state index is 5.66. The van der Waals surface area contributed by atoms with Gasteiger partial charge in [0.2, 0.25) is 0 Å². The first kappa shape index (κ1) is 16.0. The quantitative estimate of drug-likeness (QED) is 0.771. The van der Waals surface area contributed by atoms with Gasteiger partial charge in [0.1, 0.15) is 17.5 Å². The molecule has 5 nitrogen and oxygen atoms in total. The molecule has 0 spiro atoms. The highest BCUT2D eigenvalue weighted by molar-refractivity contribution is 5.57. The number of ether oxygens (including phenoxy) is 1. The van der Waals surface area contributed by atoms with E-state index in [-0.39, 0.29) is 0 Å². The van der Waals surface area contributed by atoms with Gasteiger partial charge in [0.05, 0.1) is 6.10 Å². The lowest BCUT2D eigenvalue weighted by atomic mass is 10.2. The predicted octanol–water partition coefficient (Wildman–Crippen LogP) is 3.15. The average molecular weight is 292 g/mol. The molecule has 0 radical (unpaired) electrons. The van der Waals surface area contributed by atoms with Crippen molar-refractivity contribution in [2.24, 2.45) is 0 Å². The summed E-state index contributed by atoms with van der Waals surface area (Å²) in [5, 5.41) is 6.85. The van der Waals surface area contributed by atoms with E-state index in [0.29, 0.717) is 6.10 Å². The van der Waals surface area contributed by atoms with Gasteiger partial charge in [-0.15, -0.1) is 0 Å². The molecule has 0 bridgehead atoms. The van der Waals surface area contributed by atoms with Gasteiger partial charge in [-0.25, -0.2) is 9.97 Å². The van der Waals surface area contributed by atoms with E-state index in [4.69, 9.17) is 4.74 Å². The van der Waals surface area contributed by atoms with Crippen molar-refractivity contribution >= 4 is 11.6 Å². The molecule has 21 heavy (non-hydrogen) atoms. The van der Waals surface area contributed by atoms with Gasteiger partial charge >= 0.3 is 0 Å². The highest BCUT2D eigenvalue weighted by atomic mass is 16.5. The molecule has 2 rings (SSSR count). The minimum Gasteiger partial charge on any atom is -0.378 e. The number of nitrogens with one attached hydrogen (secondary N) is 2. The summed E-state index contributed by atoms with van der Waals surface area (Å²) in [7, 11) is 0. The third kappa shape index (κ3) is 4.56. The van der Waals surface area contributed by atoms with Crippen LogP contribution in [-0.2, 0) is 11.2 Å². The van der Waals surface area contributed by atoms with Gasteiger partial charge in [-0.05, 0) is 32.6 Å². The van der Waals surface area contributed by atoms with Crippen LogP contribution in [-0.4, -0.2) is 35.8 Å². The summed E-state index contributed by atoms with van der Waals surface area (Å²) < 4.78 is 5.66. The highest BCUT2D eigenvalue weighted by Gasteiger charge is 2.15. The molecule has 1 aliphatic heterocycles. The van der Waals surface area contributed by atoms with Crippen LogP contribution in [0.25, 0.3) is 0 Å². The van der Waals surface area contributed by atoms with Gasteiger partial charge in [0.25, 0.3) is 0 Å². The van der Waals surface area contributed by atoms with Crippen LogP contribution < -0.4 is 10.6 Å². The van der Waals surface area contributed by atoms with Crippen LogP contribution in [0.15, 0.2) is 0 Å². The van der Waals surface area contributed by atoms with Crippen LogP contribution in [0.5, 0.6) is 0 Å². The normalized spacial score (nSPS) is 18.0. The van der Waals surface area contributed by atoms with E-state index in [0.717, 1.165) is 62.0 Å². The zero-order valence-corrected chi connectivity index (χ0v) is 13.5. The first-order valence-electron chi connectivity index (χ1n) is 8.21. The number of nitrogens with zero attached hydrogens (tertiary/aromatic N) is 2. The van der Waals surface area contributed by atoms with Crippen molar-refractivity contribution in [3.63, 3.8) is 0 Å². The molecule has 1 unspecified atom stereocenters.